The van der Waals surface area contributed by atoms with Crippen LogP contribution in [0.3, 0.4) is 0 Å². The van der Waals surface area contributed by atoms with Gasteiger partial charge in [-0.25, -0.2) is 0 Å². The monoisotopic (exact) mass is 279 g/mol. The molecule has 1 saturated heterocycles. The van der Waals surface area contributed by atoms with Crippen molar-refractivity contribution < 1.29 is 0 Å². The fourth-order valence-corrected chi connectivity index (χ4v) is 2.51. The molecule has 3 nitrogen and oxygen atoms in total. The van der Waals surface area contributed by atoms with E-state index >= 15 is 0 Å². The lowest BCUT2D eigenvalue weighted by molar-refractivity contribution is 0.624. The van der Waals surface area contributed by atoms with E-state index in [2.05, 4.69) is 33.8 Å². The summed E-state index contributed by atoms with van der Waals surface area (Å²) in [6, 6.07) is 8.54. The van der Waals surface area contributed by atoms with E-state index in [0.29, 0.717) is 11.6 Å². The van der Waals surface area contributed by atoms with Crippen molar-refractivity contribution in [2.24, 2.45) is 5.73 Å². The van der Waals surface area contributed by atoms with E-state index in [9.17, 15) is 0 Å². The highest BCUT2D eigenvalue weighted by Crippen LogP contribution is 2.29. The summed E-state index contributed by atoms with van der Waals surface area (Å²) < 4.78 is 0.934. The zero-order valence-corrected chi connectivity index (χ0v) is 10.7. The molecule has 0 aromatic heterocycles. The third kappa shape index (κ3) is 1.93. The molecule has 1 aromatic carbocycles. The lowest BCUT2D eigenvalue weighted by atomic mass is 10.1. The summed E-state index contributed by atoms with van der Waals surface area (Å²) in [5.41, 5.74) is 7.69. The molecule has 0 radical (unpaired) electrons. The van der Waals surface area contributed by atoms with Gasteiger partial charge in [-0.1, -0.05) is 15.9 Å². The Kier molecular flexibility index (Phi) is 3.17. The molecule has 16 heavy (non-hydrogen) atoms. The zero-order chi connectivity index (χ0) is 11.7. The first kappa shape index (κ1) is 11.4. The Balaban J connectivity index is 2.38. The first-order valence-electron chi connectivity index (χ1n) is 5.35. The number of anilines is 1. The molecule has 0 spiro atoms. The molecule has 2 atom stereocenters. The van der Waals surface area contributed by atoms with E-state index in [1.807, 2.05) is 18.2 Å². The number of hydrogen-bond acceptors (Lipinski definition) is 3. The molecule has 2 N–H and O–H groups in total. The molecule has 1 heterocycles. The van der Waals surface area contributed by atoms with Crippen LogP contribution in [0.4, 0.5) is 5.69 Å². The first-order chi connectivity index (χ1) is 7.63. The van der Waals surface area contributed by atoms with Gasteiger partial charge in [0.2, 0.25) is 0 Å². The summed E-state index contributed by atoms with van der Waals surface area (Å²) in [4.78, 5) is 2.22. The van der Waals surface area contributed by atoms with Crippen LogP contribution in [-0.4, -0.2) is 18.6 Å². The van der Waals surface area contributed by atoms with Crippen LogP contribution in [-0.2, 0) is 0 Å². The van der Waals surface area contributed by atoms with Gasteiger partial charge in [-0.05, 0) is 31.5 Å². The second-order valence-electron chi connectivity index (χ2n) is 4.16. The van der Waals surface area contributed by atoms with E-state index in [1.54, 1.807) is 0 Å². The maximum Gasteiger partial charge on any atom is 0.101 e. The number of benzene rings is 1. The van der Waals surface area contributed by atoms with Gasteiger partial charge in [-0.2, -0.15) is 5.26 Å². The Morgan fingerprint density at radius 3 is 2.88 bits per heavy atom. The molecule has 1 aromatic rings. The highest BCUT2D eigenvalue weighted by molar-refractivity contribution is 9.10. The predicted molar refractivity (Wildman–Crippen MR) is 68.3 cm³/mol. The molecular weight excluding hydrogens is 266 g/mol. The Hall–Kier alpha value is -1.05. The largest absolute Gasteiger partial charge is 0.366 e. The van der Waals surface area contributed by atoms with Crippen LogP contribution in [0.2, 0.25) is 0 Å². The number of nitrogens with two attached hydrogens (primary N) is 1. The molecule has 2 rings (SSSR count). The lowest BCUT2D eigenvalue weighted by Gasteiger charge is -2.26. The minimum atomic E-state index is 0.204. The minimum Gasteiger partial charge on any atom is -0.366 e. The smallest absolute Gasteiger partial charge is 0.101 e. The standard InChI is InChI=1S/C12H14BrN3/c1-8-11(15)4-5-16(8)12-3-2-10(13)6-9(12)7-14/h2-3,6,8,11H,4-5,15H2,1H3. The van der Waals surface area contributed by atoms with Crippen LogP contribution >= 0.6 is 15.9 Å². The molecule has 4 heteroatoms. The van der Waals surface area contributed by atoms with Gasteiger partial charge in [0.1, 0.15) is 6.07 Å². The van der Waals surface area contributed by atoms with E-state index < -0.39 is 0 Å². The van der Waals surface area contributed by atoms with Crippen molar-refractivity contribution >= 4 is 21.6 Å². The normalized spacial score (nSPS) is 24.5. The Labute approximate surface area is 104 Å². The van der Waals surface area contributed by atoms with Crippen molar-refractivity contribution in [2.75, 3.05) is 11.4 Å². The van der Waals surface area contributed by atoms with E-state index in [0.717, 1.165) is 23.1 Å². The van der Waals surface area contributed by atoms with Crippen molar-refractivity contribution in [3.8, 4) is 6.07 Å². The van der Waals surface area contributed by atoms with Crippen molar-refractivity contribution in [1.29, 1.82) is 5.26 Å². The molecule has 2 unspecified atom stereocenters. The number of rotatable bonds is 1. The fourth-order valence-electron chi connectivity index (χ4n) is 2.15. The summed E-state index contributed by atoms with van der Waals surface area (Å²) >= 11 is 3.38. The number of nitriles is 1. The second-order valence-corrected chi connectivity index (χ2v) is 5.08. The van der Waals surface area contributed by atoms with Gasteiger partial charge in [-0.3, -0.25) is 0 Å². The van der Waals surface area contributed by atoms with Gasteiger partial charge in [0.25, 0.3) is 0 Å². The van der Waals surface area contributed by atoms with E-state index in [4.69, 9.17) is 11.0 Å². The van der Waals surface area contributed by atoms with Crippen molar-refractivity contribution in [1.82, 2.24) is 0 Å². The molecule has 84 valence electrons. The number of halogens is 1. The minimum absolute atomic E-state index is 0.204. The SMILES string of the molecule is CC1C(N)CCN1c1ccc(Br)cc1C#N. The molecule has 0 saturated carbocycles. The third-order valence-electron chi connectivity index (χ3n) is 3.20. The Morgan fingerprint density at radius 1 is 1.56 bits per heavy atom. The summed E-state index contributed by atoms with van der Waals surface area (Å²) in [6.07, 6.45) is 0.988. The Bertz CT molecular complexity index is 438. The number of nitrogens with zero attached hydrogens (tertiary/aromatic N) is 2. The van der Waals surface area contributed by atoms with Gasteiger partial charge in [-0.15, -0.1) is 0 Å². The van der Waals surface area contributed by atoms with Crippen LogP contribution in [0.15, 0.2) is 22.7 Å². The van der Waals surface area contributed by atoms with Crippen molar-refractivity contribution in [3.63, 3.8) is 0 Å². The van der Waals surface area contributed by atoms with E-state index in [-0.39, 0.29) is 6.04 Å². The molecule has 1 aliphatic heterocycles. The van der Waals surface area contributed by atoms with Gasteiger partial charge < -0.3 is 10.6 Å². The number of hydrogen-bond donors (Lipinski definition) is 1. The van der Waals surface area contributed by atoms with Crippen LogP contribution in [0.1, 0.15) is 18.9 Å². The maximum atomic E-state index is 9.13. The molecule has 0 aliphatic carbocycles. The predicted octanol–water partition coefficient (Wildman–Crippen LogP) is 2.25. The van der Waals surface area contributed by atoms with Gasteiger partial charge in [0, 0.05) is 23.1 Å². The van der Waals surface area contributed by atoms with Crippen molar-refractivity contribution in [2.45, 2.75) is 25.4 Å². The highest BCUT2D eigenvalue weighted by Gasteiger charge is 2.29. The second kappa shape index (κ2) is 4.44. The van der Waals surface area contributed by atoms with Gasteiger partial charge >= 0.3 is 0 Å². The van der Waals surface area contributed by atoms with Gasteiger partial charge in [0.05, 0.1) is 11.3 Å². The topological polar surface area (TPSA) is 53.0 Å². The van der Waals surface area contributed by atoms with Crippen LogP contribution in [0.5, 0.6) is 0 Å². The maximum absolute atomic E-state index is 9.13. The molecular formula is C12H14BrN3. The zero-order valence-electron chi connectivity index (χ0n) is 9.15. The van der Waals surface area contributed by atoms with Gasteiger partial charge in [0.15, 0.2) is 0 Å². The van der Waals surface area contributed by atoms with Crippen molar-refractivity contribution in [3.05, 3.63) is 28.2 Å². The fraction of sp³-hybridized carbons (Fsp3) is 0.417. The van der Waals surface area contributed by atoms with E-state index in [1.165, 1.54) is 0 Å². The van der Waals surface area contributed by atoms with Crippen LogP contribution in [0, 0.1) is 11.3 Å². The molecule has 0 bridgehead atoms. The average molecular weight is 280 g/mol. The van der Waals surface area contributed by atoms with Crippen LogP contribution in [0.25, 0.3) is 0 Å². The quantitative estimate of drug-likeness (QED) is 0.858. The van der Waals surface area contributed by atoms with Crippen LogP contribution < -0.4 is 10.6 Å². The Morgan fingerprint density at radius 2 is 2.31 bits per heavy atom. The lowest BCUT2D eigenvalue weighted by Crippen LogP contribution is -2.37. The highest BCUT2D eigenvalue weighted by atomic mass is 79.9. The summed E-state index contributed by atoms with van der Waals surface area (Å²) in [5, 5.41) is 9.13. The summed E-state index contributed by atoms with van der Waals surface area (Å²) in [7, 11) is 0. The average Bonchev–Trinajstić information content (AvgIpc) is 2.60. The summed E-state index contributed by atoms with van der Waals surface area (Å²) in [5.74, 6) is 0. The molecule has 1 aliphatic rings. The summed E-state index contributed by atoms with van der Waals surface area (Å²) in [6.45, 7) is 3.04. The first-order valence-corrected chi connectivity index (χ1v) is 6.14. The molecule has 1 fully saturated rings. The third-order valence-corrected chi connectivity index (χ3v) is 3.70. The molecule has 0 amide bonds.